The van der Waals surface area contributed by atoms with Crippen LogP contribution in [0.25, 0.3) is 0 Å². The number of ether oxygens (including phenoxy) is 1. The second-order valence-corrected chi connectivity index (χ2v) is 5.30. The molecular weight excluding hydrogens is 324 g/mol. The Bertz CT molecular complexity index is 728. The molecule has 0 saturated heterocycles. The molecule has 0 aliphatic rings. The average molecular weight is 336 g/mol. The number of carbonyl (C=O) groups is 2. The first-order chi connectivity index (χ1) is 11.0. The van der Waals surface area contributed by atoms with Crippen LogP contribution in [0.15, 0.2) is 24.3 Å². The lowest BCUT2D eigenvalue weighted by molar-refractivity contribution is -0.384. The third-order valence-corrected chi connectivity index (χ3v) is 3.47. The van der Waals surface area contributed by atoms with Crippen LogP contribution in [0, 0.1) is 10.1 Å². The van der Waals surface area contributed by atoms with Crippen molar-refractivity contribution in [3.05, 3.63) is 45.0 Å². The zero-order valence-electron chi connectivity index (χ0n) is 12.0. The number of anilines is 1. The van der Waals surface area contributed by atoms with E-state index in [2.05, 4.69) is 15.5 Å². The lowest BCUT2D eigenvalue weighted by Crippen LogP contribution is -2.11. The molecule has 0 bridgehead atoms. The van der Waals surface area contributed by atoms with Crippen LogP contribution in [-0.2, 0) is 16.0 Å². The molecule has 0 aliphatic carbocycles. The molecule has 0 aliphatic heterocycles. The van der Waals surface area contributed by atoms with Crippen molar-refractivity contribution in [1.82, 2.24) is 10.2 Å². The Morgan fingerprint density at radius 2 is 2.00 bits per heavy atom. The molecule has 1 aromatic carbocycles. The Balaban J connectivity index is 1.99. The van der Waals surface area contributed by atoms with Gasteiger partial charge in [-0.25, -0.2) is 0 Å². The summed E-state index contributed by atoms with van der Waals surface area (Å²) in [5.74, 6) is -0.893. The highest BCUT2D eigenvalue weighted by Crippen LogP contribution is 2.18. The highest BCUT2D eigenvalue weighted by atomic mass is 32.1. The minimum absolute atomic E-state index is 0.0150. The molecule has 1 N–H and O–H groups in total. The van der Waals surface area contributed by atoms with Gasteiger partial charge < -0.3 is 4.74 Å². The van der Waals surface area contributed by atoms with Crippen LogP contribution in [0.2, 0.25) is 0 Å². The maximum absolute atomic E-state index is 12.0. The molecule has 2 rings (SSSR count). The van der Waals surface area contributed by atoms with Gasteiger partial charge >= 0.3 is 5.97 Å². The van der Waals surface area contributed by atoms with E-state index in [-0.39, 0.29) is 29.4 Å². The summed E-state index contributed by atoms with van der Waals surface area (Å²) in [6.45, 7) is 1.98. The molecule has 1 amide bonds. The summed E-state index contributed by atoms with van der Waals surface area (Å²) in [7, 11) is 0. The first kappa shape index (κ1) is 16.5. The largest absolute Gasteiger partial charge is 0.466 e. The van der Waals surface area contributed by atoms with Crippen molar-refractivity contribution in [2.24, 2.45) is 0 Å². The number of hydrogen-bond acceptors (Lipinski definition) is 8. The van der Waals surface area contributed by atoms with Crippen molar-refractivity contribution >= 4 is 34.0 Å². The standard InChI is InChI=1S/C13H12N4O5S/c1-2-22-11(18)7-10-15-16-13(23-10)14-12(19)8-3-5-9(6-4-8)17(20)21/h3-6H,2,7H2,1H3,(H,14,16,19). The highest BCUT2D eigenvalue weighted by Gasteiger charge is 2.14. The Labute approximate surface area is 134 Å². The number of amides is 1. The summed E-state index contributed by atoms with van der Waals surface area (Å²) in [4.78, 5) is 33.3. The Morgan fingerprint density at radius 3 is 2.61 bits per heavy atom. The predicted molar refractivity (Wildman–Crippen MR) is 81.3 cm³/mol. The normalized spacial score (nSPS) is 10.1. The molecule has 0 spiro atoms. The number of carbonyl (C=O) groups excluding carboxylic acids is 2. The van der Waals surface area contributed by atoms with Crippen molar-refractivity contribution in [2.75, 3.05) is 11.9 Å². The van der Waals surface area contributed by atoms with Gasteiger partial charge in [-0.15, -0.1) is 10.2 Å². The van der Waals surface area contributed by atoms with E-state index in [1.54, 1.807) is 6.92 Å². The monoisotopic (exact) mass is 336 g/mol. The van der Waals surface area contributed by atoms with Crippen LogP contribution < -0.4 is 5.32 Å². The first-order valence-corrected chi connectivity index (χ1v) is 7.35. The molecule has 0 radical (unpaired) electrons. The zero-order valence-corrected chi connectivity index (χ0v) is 12.8. The minimum Gasteiger partial charge on any atom is -0.466 e. The number of esters is 1. The van der Waals surface area contributed by atoms with Gasteiger partial charge in [0, 0.05) is 17.7 Å². The minimum atomic E-state index is -0.548. The summed E-state index contributed by atoms with van der Waals surface area (Å²) in [6.07, 6.45) is -0.0150. The molecule has 1 heterocycles. The summed E-state index contributed by atoms with van der Waals surface area (Å²) in [5.41, 5.74) is 0.145. The van der Waals surface area contributed by atoms with E-state index < -0.39 is 16.8 Å². The molecule has 0 unspecified atom stereocenters. The fraction of sp³-hybridized carbons (Fsp3) is 0.231. The van der Waals surface area contributed by atoms with Crippen molar-refractivity contribution in [1.29, 1.82) is 0 Å². The third-order valence-electron chi connectivity index (χ3n) is 2.63. The van der Waals surface area contributed by atoms with E-state index in [1.807, 2.05) is 0 Å². The molecule has 23 heavy (non-hydrogen) atoms. The van der Waals surface area contributed by atoms with Crippen LogP contribution >= 0.6 is 11.3 Å². The van der Waals surface area contributed by atoms with Crippen LogP contribution in [0.4, 0.5) is 10.8 Å². The fourth-order valence-electron chi connectivity index (χ4n) is 1.61. The number of nitro benzene ring substituents is 1. The molecule has 1 aromatic heterocycles. The number of hydrogen-bond donors (Lipinski definition) is 1. The Kier molecular flexibility index (Phi) is 5.31. The van der Waals surface area contributed by atoms with Crippen LogP contribution in [0.1, 0.15) is 22.3 Å². The second kappa shape index (κ2) is 7.40. The predicted octanol–water partition coefficient (Wildman–Crippen LogP) is 1.80. The quantitative estimate of drug-likeness (QED) is 0.484. The number of rotatable bonds is 6. The molecule has 120 valence electrons. The Morgan fingerprint density at radius 1 is 1.30 bits per heavy atom. The van der Waals surface area contributed by atoms with Crippen molar-refractivity contribution in [2.45, 2.75) is 13.3 Å². The molecule has 9 nitrogen and oxygen atoms in total. The Hall–Kier alpha value is -2.88. The van der Waals surface area contributed by atoms with Gasteiger partial charge in [0.1, 0.15) is 5.01 Å². The van der Waals surface area contributed by atoms with Crippen molar-refractivity contribution in [3.8, 4) is 0 Å². The van der Waals surface area contributed by atoms with Gasteiger partial charge in [0.2, 0.25) is 5.13 Å². The smallest absolute Gasteiger partial charge is 0.312 e. The van der Waals surface area contributed by atoms with Crippen LogP contribution in [0.3, 0.4) is 0 Å². The van der Waals surface area contributed by atoms with Crippen molar-refractivity contribution < 1.29 is 19.2 Å². The topological polar surface area (TPSA) is 124 Å². The SMILES string of the molecule is CCOC(=O)Cc1nnc(NC(=O)c2ccc([N+](=O)[O-])cc2)s1. The fourth-order valence-corrected chi connectivity index (χ4v) is 2.34. The van der Waals surface area contributed by atoms with Gasteiger partial charge in [-0.05, 0) is 19.1 Å². The highest BCUT2D eigenvalue weighted by molar-refractivity contribution is 7.15. The number of aromatic nitrogens is 2. The lowest BCUT2D eigenvalue weighted by atomic mass is 10.2. The molecule has 0 saturated carbocycles. The number of nitrogens with one attached hydrogen (secondary N) is 1. The maximum atomic E-state index is 12.0. The lowest BCUT2D eigenvalue weighted by Gasteiger charge is -2.00. The van der Waals surface area contributed by atoms with Gasteiger partial charge in [0.25, 0.3) is 11.6 Å². The summed E-state index contributed by atoms with van der Waals surface area (Å²) in [5, 5.41) is 21.3. The van der Waals surface area contributed by atoms with Gasteiger partial charge in [0.05, 0.1) is 18.0 Å². The van der Waals surface area contributed by atoms with E-state index in [0.29, 0.717) is 5.01 Å². The first-order valence-electron chi connectivity index (χ1n) is 6.53. The zero-order chi connectivity index (χ0) is 16.8. The van der Waals surface area contributed by atoms with E-state index in [1.165, 1.54) is 24.3 Å². The average Bonchev–Trinajstić information content (AvgIpc) is 2.94. The van der Waals surface area contributed by atoms with E-state index >= 15 is 0 Å². The van der Waals surface area contributed by atoms with Crippen LogP contribution in [0.5, 0.6) is 0 Å². The second-order valence-electron chi connectivity index (χ2n) is 4.24. The number of nitrogens with zero attached hydrogens (tertiary/aromatic N) is 3. The number of benzene rings is 1. The van der Waals surface area contributed by atoms with Crippen molar-refractivity contribution in [3.63, 3.8) is 0 Å². The maximum Gasteiger partial charge on any atom is 0.312 e. The molecule has 0 atom stereocenters. The van der Waals surface area contributed by atoms with E-state index in [0.717, 1.165) is 11.3 Å². The van der Waals surface area contributed by atoms with Gasteiger partial charge in [-0.2, -0.15) is 0 Å². The molecule has 2 aromatic rings. The van der Waals surface area contributed by atoms with Gasteiger partial charge in [0.15, 0.2) is 0 Å². The number of non-ortho nitro benzene ring substituents is 1. The van der Waals surface area contributed by atoms with Gasteiger partial charge in [-0.3, -0.25) is 25.0 Å². The molecule has 10 heteroatoms. The number of nitro groups is 1. The van der Waals surface area contributed by atoms with Gasteiger partial charge in [-0.1, -0.05) is 11.3 Å². The molecule has 0 fully saturated rings. The summed E-state index contributed by atoms with van der Waals surface area (Å²) >= 11 is 1.05. The summed E-state index contributed by atoms with van der Waals surface area (Å²) < 4.78 is 4.79. The summed E-state index contributed by atoms with van der Waals surface area (Å²) in [6, 6.07) is 5.16. The molecular formula is C13H12N4O5S. The third kappa shape index (κ3) is 4.54. The van der Waals surface area contributed by atoms with E-state index in [9.17, 15) is 19.7 Å². The van der Waals surface area contributed by atoms with Crippen LogP contribution in [-0.4, -0.2) is 33.6 Å². The van der Waals surface area contributed by atoms with E-state index in [4.69, 9.17) is 4.74 Å².